The van der Waals surface area contributed by atoms with Crippen LogP contribution in [-0.2, 0) is 4.79 Å². The van der Waals surface area contributed by atoms with Crippen molar-refractivity contribution >= 4 is 28.4 Å². The van der Waals surface area contributed by atoms with Gasteiger partial charge in [-0.2, -0.15) is 0 Å². The number of fused-ring (bicyclic) bond motifs is 5. The molecule has 0 aromatic rings. The minimum atomic E-state index is -0.836. The fourth-order valence-corrected chi connectivity index (χ4v) is 6.74. The largest absolute Gasteiger partial charge is 0.377 e. The van der Waals surface area contributed by atoms with Crippen LogP contribution in [0.1, 0.15) is 52.4 Å². The third-order valence-electron chi connectivity index (χ3n) is 7.92. The molecule has 4 aliphatic rings. The lowest BCUT2D eigenvalue weighted by Crippen LogP contribution is -2.53. The van der Waals surface area contributed by atoms with E-state index >= 15 is 0 Å². The molecule has 0 aromatic heterocycles. The average Bonchev–Trinajstić information content (AvgIpc) is 2.80. The summed E-state index contributed by atoms with van der Waals surface area (Å²) in [5.74, 6) is 5.00. The first-order valence-electron chi connectivity index (χ1n) is 9.12. The summed E-state index contributed by atoms with van der Waals surface area (Å²) in [5, 5.41) is 11.2. The molecule has 24 heavy (non-hydrogen) atoms. The summed E-state index contributed by atoms with van der Waals surface area (Å²) < 4.78 is 2.94. The highest BCUT2D eigenvalue weighted by molar-refractivity contribution is 14.1. The van der Waals surface area contributed by atoms with Gasteiger partial charge in [0.2, 0.25) is 0 Å². The third kappa shape index (κ3) is 2.08. The highest BCUT2D eigenvalue weighted by atomic mass is 125. The van der Waals surface area contributed by atoms with Gasteiger partial charge in [-0.25, -0.2) is 0 Å². The van der Waals surface area contributed by atoms with Gasteiger partial charge in [0.05, 0.1) is 0 Å². The number of hydrogen-bond donors (Lipinski definition) is 1. The van der Waals surface area contributed by atoms with Crippen molar-refractivity contribution in [2.45, 2.75) is 58.0 Å². The molecule has 0 bridgehead atoms. The first-order valence-corrected chi connectivity index (χ1v) is 10.2. The molecule has 6 atom stereocenters. The van der Waals surface area contributed by atoms with Crippen molar-refractivity contribution in [3.63, 3.8) is 0 Å². The summed E-state index contributed by atoms with van der Waals surface area (Å²) in [6.45, 7) is 4.62. The second-order valence-corrected chi connectivity index (χ2v) is 9.25. The Bertz CT molecular complexity index is 711. The molecule has 0 aromatic carbocycles. The molecule has 128 valence electrons. The van der Waals surface area contributed by atoms with Crippen molar-refractivity contribution in [3.05, 3.63) is 23.8 Å². The number of halogens is 1. The van der Waals surface area contributed by atoms with Crippen LogP contribution in [0.3, 0.4) is 0 Å². The highest BCUT2D eigenvalue weighted by Crippen LogP contribution is 2.66. The van der Waals surface area contributed by atoms with E-state index in [-0.39, 0.29) is 16.6 Å². The lowest BCUT2D eigenvalue weighted by molar-refractivity contribution is -0.117. The smallest absolute Gasteiger partial charge is 0.156 e. The van der Waals surface area contributed by atoms with E-state index in [9.17, 15) is 9.90 Å². The van der Waals surface area contributed by atoms with E-state index in [0.717, 1.165) is 32.1 Å². The number of carbonyl (C=O) groups excluding carboxylic acids is 1. The SMILES string of the molecule is C[C@]12CCC(=O)C=C1C=C[C@@H]1[C@@H]2CC[C@@]2(C)[C@H]1CC[C@@]2(O)C#C[125I]. The van der Waals surface area contributed by atoms with Crippen LogP contribution in [0.15, 0.2) is 23.8 Å². The Labute approximate surface area is 158 Å². The van der Waals surface area contributed by atoms with Crippen molar-refractivity contribution in [3.8, 4) is 9.85 Å². The van der Waals surface area contributed by atoms with E-state index < -0.39 is 5.60 Å². The van der Waals surface area contributed by atoms with Gasteiger partial charge in [-0.05, 0) is 70.8 Å². The molecular formula is C21H25IO2. The number of aliphatic hydroxyl groups is 1. The summed E-state index contributed by atoms with van der Waals surface area (Å²) in [6, 6.07) is 0. The van der Waals surface area contributed by atoms with Gasteiger partial charge in [-0.3, -0.25) is 4.79 Å². The van der Waals surface area contributed by atoms with E-state index in [1.807, 2.05) is 28.7 Å². The predicted molar refractivity (Wildman–Crippen MR) is 103 cm³/mol. The molecular weight excluding hydrogens is 409 g/mol. The van der Waals surface area contributed by atoms with Gasteiger partial charge in [0.15, 0.2) is 5.78 Å². The Morgan fingerprint density at radius 3 is 2.71 bits per heavy atom. The van der Waals surface area contributed by atoms with Crippen molar-refractivity contribution < 1.29 is 9.90 Å². The van der Waals surface area contributed by atoms with Crippen LogP contribution < -0.4 is 0 Å². The molecule has 0 saturated heterocycles. The predicted octanol–water partition coefficient (Wildman–Crippen LogP) is 4.42. The second kappa shape index (κ2) is 5.45. The number of carbonyl (C=O) groups is 1. The van der Waals surface area contributed by atoms with Crippen LogP contribution in [-0.4, -0.2) is 16.5 Å². The summed E-state index contributed by atoms with van der Waals surface area (Å²) >= 11 is 2.05. The highest BCUT2D eigenvalue weighted by Gasteiger charge is 2.63. The molecule has 0 heterocycles. The first-order chi connectivity index (χ1) is 11.3. The molecule has 0 radical (unpaired) electrons. The lowest BCUT2D eigenvalue weighted by Gasteiger charge is -2.56. The fraction of sp³-hybridized carbons (Fsp3) is 0.667. The summed E-state index contributed by atoms with van der Waals surface area (Å²) in [7, 11) is 0. The third-order valence-corrected chi connectivity index (χ3v) is 8.19. The van der Waals surface area contributed by atoms with Gasteiger partial charge in [0.1, 0.15) is 5.60 Å². The number of rotatable bonds is 0. The molecule has 4 rings (SSSR count). The Morgan fingerprint density at radius 1 is 1.21 bits per heavy atom. The van der Waals surface area contributed by atoms with Crippen LogP contribution in [0.2, 0.25) is 0 Å². The van der Waals surface area contributed by atoms with Gasteiger partial charge >= 0.3 is 0 Å². The Hall–Kier alpha value is -0.600. The van der Waals surface area contributed by atoms with Crippen molar-refractivity contribution in [1.29, 1.82) is 0 Å². The van der Waals surface area contributed by atoms with Crippen LogP contribution in [0, 0.1) is 38.4 Å². The van der Waals surface area contributed by atoms with Crippen LogP contribution in [0.25, 0.3) is 0 Å². The summed E-state index contributed by atoms with van der Waals surface area (Å²) in [5.41, 5.74) is 0.421. The topological polar surface area (TPSA) is 37.3 Å². The normalized spacial score (nSPS) is 49.4. The fourth-order valence-electron chi connectivity index (χ4n) is 6.30. The maximum absolute atomic E-state index is 11.9. The van der Waals surface area contributed by atoms with Gasteiger partial charge < -0.3 is 5.11 Å². The molecule has 1 N–H and O–H groups in total. The second-order valence-electron chi connectivity index (χ2n) is 8.71. The standard InChI is InChI=1S/C21H25IO2/c1-19-8-5-15(23)13-14(19)3-4-16-17(19)6-9-20(2)18(16)7-10-21(20,24)11-12-22/h3-4,13,16-18,24H,5-10H2,1-2H3/t16-,17+,18+,19+,20+,21-/m1/s1/i22-2. The molecule has 0 spiro atoms. The number of ketones is 1. The van der Waals surface area contributed by atoms with Crippen LogP contribution in [0.5, 0.6) is 0 Å². The quantitative estimate of drug-likeness (QED) is 0.453. The Balaban J connectivity index is 1.75. The van der Waals surface area contributed by atoms with Crippen molar-refractivity contribution in [2.24, 2.45) is 28.6 Å². The van der Waals surface area contributed by atoms with Gasteiger partial charge in [-0.15, -0.1) is 0 Å². The zero-order valence-corrected chi connectivity index (χ0v) is 16.6. The summed E-state index contributed by atoms with van der Waals surface area (Å²) in [4.78, 5) is 11.9. The minimum absolute atomic E-state index is 0.112. The maximum Gasteiger partial charge on any atom is 0.156 e. The van der Waals surface area contributed by atoms with Crippen molar-refractivity contribution in [1.82, 2.24) is 0 Å². The molecule has 2 nitrogen and oxygen atoms in total. The molecule has 0 aliphatic heterocycles. The first kappa shape index (κ1) is 16.8. The monoisotopic (exact) mass is 434 g/mol. The Morgan fingerprint density at radius 2 is 1.96 bits per heavy atom. The molecule has 2 saturated carbocycles. The van der Waals surface area contributed by atoms with E-state index in [4.69, 9.17) is 0 Å². The van der Waals surface area contributed by atoms with E-state index in [1.54, 1.807) is 0 Å². The summed E-state index contributed by atoms with van der Waals surface area (Å²) in [6.07, 6.45) is 12.1. The van der Waals surface area contributed by atoms with Gasteiger partial charge in [0.25, 0.3) is 0 Å². The number of allylic oxidation sites excluding steroid dienone is 4. The minimum Gasteiger partial charge on any atom is -0.377 e. The lowest BCUT2D eigenvalue weighted by atomic mass is 9.48. The van der Waals surface area contributed by atoms with E-state index in [1.165, 1.54) is 5.57 Å². The van der Waals surface area contributed by atoms with Gasteiger partial charge in [-0.1, -0.05) is 31.9 Å². The zero-order chi connectivity index (χ0) is 17.2. The van der Waals surface area contributed by atoms with Crippen molar-refractivity contribution in [2.75, 3.05) is 0 Å². The maximum atomic E-state index is 11.9. The van der Waals surface area contributed by atoms with E-state index in [0.29, 0.717) is 24.2 Å². The van der Waals surface area contributed by atoms with Crippen LogP contribution >= 0.6 is 22.6 Å². The molecule has 4 aliphatic carbocycles. The number of hydrogen-bond acceptors (Lipinski definition) is 2. The molecule has 0 unspecified atom stereocenters. The molecule has 0 amide bonds. The van der Waals surface area contributed by atoms with Gasteiger partial charge in [0, 0.05) is 34.4 Å². The molecule has 2 fully saturated rings. The molecule has 3 heteroatoms. The Kier molecular flexibility index (Phi) is 3.82. The zero-order valence-electron chi connectivity index (χ0n) is 14.4. The average molecular weight is 434 g/mol. The van der Waals surface area contributed by atoms with Crippen LogP contribution in [0.4, 0.5) is 0 Å². The van der Waals surface area contributed by atoms with E-state index in [2.05, 4.69) is 35.8 Å².